The number of anilines is 1. The number of rotatable bonds is 6. The quantitative estimate of drug-likeness (QED) is 0.647. The first-order valence-corrected chi connectivity index (χ1v) is 6.76. The molecule has 5 heteroatoms. The predicted molar refractivity (Wildman–Crippen MR) is 74.5 cm³/mol. The van der Waals surface area contributed by atoms with Crippen molar-refractivity contribution in [3.63, 3.8) is 0 Å². The van der Waals surface area contributed by atoms with E-state index in [4.69, 9.17) is 15.2 Å². The Kier molecular flexibility index (Phi) is 5.98. The lowest BCUT2D eigenvalue weighted by atomic mass is 10.2. The predicted octanol–water partition coefficient (Wildman–Crippen LogP) is 3.14. The zero-order valence-electron chi connectivity index (χ0n) is 10.6. The molecule has 0 aliphatic rings. The van der Waals surface area contributed by atoms with Gasteiger partial charge in [0.15, 0.2) is 6.10 Å². The van der Waals surface area contributed by atoms with Crippen molar-refractivity contribution in [3.8, 4) is 5.75 Å². The Balaban J connectivity index is 2.82. The molecule has 0 radical (unpaired) electrons. The maximum atomic E-state index is 11.7. The van der Waals surface area contributed by atoms with Crippen LogP contribution in [0.5, 0.6) is 5.75 Å². The molecule has 4 nitrogen and oxygen atoms in total. The van der Waals surface area contributed by atoms with E-state index in [9.17, 15) is 4.79 Å². The van der Waals surface area contributed by atoms with E-state index in [0.29, 0.717) is 28.9 Å². The summed E-state index contributed by atoms with van der Waals surface area (Å²) in [6, 6.07) is 5.31. The van der Waals surface area contributed by atoms with Crippen molar-refractivity contribution in [1.82, 2.24) is 0 Å². The molecule has 0 spiro atoms. The number of nitrogen functional groups attached to an aromatic ring is 1. The van der Waals surface area contributed by atoms with Crippen LogP contribution in [0.15, 0.2) is 22.7 Å². The summed E-state index contributed by atoms with van der Waals surface area (Å²) in [6.45, 7) is 4.11. The summed E-state index contributed by atoms with van der Waals surface area (Å²) in [6.07, 6.45) is 0.858. The molecular formula is C13H18BrNO3. The van der Waals surface area contributed by atoms with Gasteiger partial charge in [-0.15, -0.1) is 0 Å². The second kappa shape index (κ2) is 7.26. The molecule has 1 aromatic carbocycles. The van der Waals surface area contributed by atoms with E-state index < -0.39 is 6.10 Å². The van der Waals surface area contributed by atoms with Gasteiger partial charge in [0.1, 0.15) is 5.75 Å². The Hall–Kier alpha value is -1.23. The number of hydrogen-bond donors (Lipinski definition) is 1. The first-order valence-electron chi connectivity index (χ1n) is 5.97. The molecule has 0 aromatic heterocycles. The van der Waals surface area contributed by atoms with Gasteiger partial charge in [0.05, 0.1) is 11.1 Å². The summed E-state index contributed by atoms with van der Waals surface area (Å²) in [7, 11) is 0. The molecule has 1 rings (SSSR count). The zero-order chi connectivity index (χ0) is 13.5. The number of nitrogens with two attached hydrogens (primary N) is 1. The average molecular weight is 316 g/mol. The highest BCUT2D eigenvalue weighted by atomic mass is 79.9. The second-order valence-corrected chi connectivity index (χ2v) is 4.60. The van der Waals surface area contributed by atoms with Crippen LogP contribution in [-0.2, 0) is 9.53 Å². The Bertz CT molecular complexity index is 409. The molecule has 1 aromatic rings. The third-order valence-corrected chi connectivity index (χ3v) is 3.21. The average Bonchev–Trinajstić information content (AvgIpc) is 2.34. The highest BCUT2D eigenvalue weighted by Gasteiger charge is 2.22. The van der Waals surface area contributed by atoms with E-state index in [1.54, 1.807) is 25.1 Å². The van der Waals surface area contributed by atoms with Crippen molar-refractivity contribution in [1.29, 1.82) is 0 Å². The zero-order valence-corrected chi connectivity index (χ0v) is 12.2. The minimum atomic E-state index is -0.590. The summed E-state index contributed by atoms with van der Waals surface area (Å²) in [4.78, 5) is 11.7. The molecule has 0 aliphatic heterocycles. The lowest BCUT2D eigenvalue weighted by Gasteiger charge is -2.18. The summed E-state index contributed by atoms with van der Waals surface area (Å²) in [5, 5.41) is 0. The van der Waals surface area contributed by atoms with E-state index >= 15 is 0 Å². The Morgan fingerprint density at radius 3 is 2.78 bits per heavy atom. The van der Waals surface area contributed by atoms with E-state index in [0.717, 1.165) is 6.42 Å². The van der Waals surface area contributed by atoms with Crippen molar-refractivity contribution in [3.05, 3.63) is 22.7 Å². The van der Waals surface area contributed by atoms with Crippen LogP contribution in [0.4, 0.5) is 5.69 Å². The van der Waals surface area contributed by atoms with Crippen LogP contribution in [-0.4, -0.2) is 18.7 Å². The first-order chi connectivity index (χ1) is 8.60. The number of halogens is 1. The Labute approximate surface area is 116 Å². The fourth-order valence-electron chi connectivity index (χ4n) is 1.49. The number of carbonyl (C=O) groups excluding carboxylic acids is 1. The number of benzene rings is 1. The first kappa shape index (κ1) is 14.8. The molecule has 0 saturated heterocycles. The molecule has 18 heavy (non-hydrogen) atoms. The topological polar surface area (TPSA) is 61.5 Å². The van der Waals surface area contributed by atoms with Crippen molar-refractivity contribution in [2.75, 3.05) is 12.3 Å². The smallest absolute Gasteiger partial charge is 0.347 e. The second-order valence-electron chi connectivity index (χ2n) is 3.81. The van der Waals surface area contributed by atoms with Gasteiger partial charge in [0.2, 0.25) is 0 Å². The number of ether oxygens (including phenoxy) is 2. The van der Waals surface area contributed by atoms with Gasteiger partial charge in [-0.3, -0.25) is 0 Å². The molecular weight excluding hydrogens is 298 g/mol. The fourth-order valence-corrected chi connectivity index (χ4v) is 1.85. The molecule has 1 atom stereocenters. The normalized spacial score (nSPS) is 11.9. The van der Waals surface area contributed by atoms with E-state index in [1.165, 1.54) is 0 Å². The van der Waals surface area contributed by atoms with E-state index in [1.807, 2.05) is 6.92 Å². The molecule has 0 fully saturated rings. The van der Waals surface area contributed by atoms with E-state index in [2.05, 4.69) is 15.9 Å². The molecule has 100 valence electrons. The standard InChI is InChI=1S/C13H18BrNO3/c1-3-6-11(13(16)17-4-2)18-10-8-5-7-9(15)12(10)14/h5,7-8,11H,3-4,6,15H2,1-2H3. The fraction of sp³-hybridized carbons (Fsp3) is 0.462. The Morgan fingerprint density at radius 1 is 1.44 bits per heavy atom. The van der Waals surface area contributed by atoms with Gasteiger partial charge in [-0.25, -0.2) is 4.79 Å². The van der Waals surface area contributed by atoms with Crippen LogP contribution in [0.25, 0.3) is 0 Å². The molecule has 0 amide bonds. The van der Waals surface area contributed by atoms with Crippen LogP contribution in [0.3, 0.4) is 0 Å². The molecule has 0 bridgehead atoms. The maximum absolute atomic E-state index is 11.7. The van der Waals surface area contributed by atoms with Crippen LogP contribution < -0.4 is 10.5 Å². The Morgan fingerprint density at radius 2 is 2.17 bits per heavy atom. The highest BCUT2D eigenvalue weighted by molar-refractivity contribution is 9.10. The van der Waals surface area contributed by atoms with Crippen LogP contribution in [0, 0.1) is 0 Å². The molecule has 2 N–H and O–H groups in total. The summed E-state index contributed by atoms with van der Waals surface area (Å²) in [5.41, 5.74) is 6.34. The third-order valence-electron chi connectivity index (χ3n) is 2.36. The number of hydrogen-bond acceptors (Lipinski definition) is 4. The highest BCUT2D eigenvalue weighted by Crippen LogP contribution is 2.31. The maximum Gasteiger partial charge on any atom is 0.347 e. The van der Waals surface area contributed by atoms with Crippen LogP contribution >= 0.6 is 15.9 Å². The van der Waals surface area contributed by atoms with Gasteiger partial charge in [-0.1, -0.05) is 19.4 Å². The summed E-state index contributed by atoms with van der Waals surface area (Å²) in [5.74, 6) is 0.218. The summed E-state index contributed by atoms with van der Waals surface area (Å²) >= 11 is 3.35. The largest absolute Gasteiger partial charge is 0.477 e. The van der Waals surface area contributed by atoms with Gasteiger partial charge >= 0.3 is 5.97 Å². The van der Waals surface area contributed by atoms with Crippen molar-refractivity contribution >= 4 is 27.6 Å². The molecule has 0 saturated carbocycles. The van der Waals surface area contributed by atoms with Crippen molar-refractivity contribution in [2.45, 2.75) is 32.8 Å². The van der Waals surface area contributed by atoms with Gasteiger partial charge < -0.3 is 15.2 Å². The molecule has 0 aliphatic carbocycles. The monoisotopic (exact) mass is 315 g/mol. The SMILES string of the molecule is CCCC(Oc1cccc(N)c1Br)C(=O)OCC. The van der Waals surface area contributed by atoms with Crippen LogP contribution in [0.2, 0.25) is 0 Å². The third kappa shape index (κ3) is 3.91. The van der Waals surface area contributed by atoms with Gasteiger partial charge in [-0.2, -0.15) is 0 Å². The van der Waals surface area contributed by atoms with Crippen molar-refractivity contribution < 1.29 is 14.3 Å². The van der Waals surface area contributed by atoms with Crippen LogP contribution in [0.1, 0.15) is 26.7 Å². The van der Waals surface area contributed by atoms with Gasteiger partial charge in [-0.05, 0) is 41.4 Å². The lowest BCUT2D eigenvalue weighted by molar-refractivity contribution is -0.151. The molecule has 0 heterocycles. The van der Waals surface area contributed by atoms with E-state index in [-0.39, 0.29) is 5.97 Å². The van der Waals surface area contributed by atoms with Crippen molar-refractivity contribution in [2.24, 2.45) is 0 Å². The van der Waals surface area contributed by atoms with Gasteiger partial charge in [0, 0.05) is 5.69 Å². The minimum Gasteiger partial charge on any atom is -0.477 e. The number of esters is 1. The molecule has 1 unspecified atom stereocenters. The lowest BCUT2D eigenvalue weighted by Crippen LogP contribution is -2.29. The van der Waals surface area contributed by atoms with Gasteiger partial charge in [0.25, 0.3) is 0 Å². The minimum absolute atomic E-state index is 0.339. The number of carbonyl (C=O) groups is 1. The summed E-state index contributed by atoms with van der Waals surface area (Å²) < 4.78 is 11.3.